The molecular formula is C13H17F3N2O2. The fourth-order valence-electron chi connectivity index (χ4n) is 1.54. The minimum Gasteiger partial charge on any atom is -0.492 e. The zero-order valence-electron chi connectivity index (χ0n) is 11.0. The van der Waals surface area contributed by atoms with Gasteiger partial charge in [0, 0.05) is 0 Å². The summed E-state index contributed by atoms with van der Waals surface area (Å²) < 4.78 is 43.9. The largest absolute Gasteiger partial charge is 0.492 e. The van der Waals surface area contributed by atoms with Crippen LogP contribution in [0.4, 0.5) is 13.2 Å². The van der Waals surface area contributed by atoms with Crippen LogP contribution in [0.1, 0.15) is 18.1 Å². The first-order chi connectivity index (χ1) is 9.25. The van der Waals surface area contributed by atoms with Crippen LogP contribution in [-0.2, 0) is 17.4 Å². The Labute approximate surface area is 114 Å². The monoisotopic (exact) mass is 290 g/mol. The van der Waals surface area contributed by atoms with E-state index in [1.165, 1.54) is 19.1 Å². The average Bonchev–Trinajstić information content (AvgIpc) is 2.35. The molecule has 1 unspecified atom stereocenters. The second-order valence-corrected chi connectivity index (χ2v) is 4.48. The fourth-order valence-corrected chi connectivity index (χ4v) is 1.54. The van der Waals surface area contributed by atoms with E-state index in [0.717, 1.165) is 6.07 Å². The van der Waals surface area contributed by atoms with Crippen molar-refractivity contribution in [2.45, 2.75) is 19.5 Å². The van der Waals surface area contributed by atoms with E-state index in [-0.39, 0.29) is 18.9 Å². The van der Waals surface area contributed by atoms with Crippen molar-refractivity contribution in [1.29, 1.82) is 0 Å². The van der Waals surface area contributed by atoms with Crippen molar-refractivity contribution in [2.75, 3.05) is 13.2 Å². The van der Waals surface area contributed by atoms with E-state index < -0.39 is 23.6 Å². The zero-order chi connectivity index (χ0) is 15.3. The van der Waals surface area contributed by atoms with Gasteiger partial charge in [-0.3, -0.25) is 4.79 Å². The molecule has 0 aliphatic carbocycles. The summed E-state index contributed by atoms with van der Waals surface area (Å²) >= 11 is 0. The third kappa shape index (κ3) is 4.41. The molecule has 0 radical (unpaired) electrons. The Morgan fingerprint density at radius 1 is 1.40 bits per heavy atom. The summed E-state index contributed by atoms with van der Waals surface area (Å²) in [6.07, 6.45) is -4.18. The molecule has 0 bridgehead atoms. The molecular weight excluding hydrogens is 273 g/mol. The summed E-state index contributed by atoms with van der Waals surface area (Å²) in [6, 6.07) is 3.77. The van der Waals surface area contributed by atoms with Crippen LogP contribution in [-0.4, -0.2) is 19.1 Å². The summed E-state index contributed by atoms with van der Waals surface area (Å²) in [5, 5.41) is 0. The number of benzene rings is 1. The Morgan fingerprint density at radius 3 is 2.55 bits per heavy atom. The van der Waals surface area contributed by atoms with E-state index in [4.69, 9.17) is 16.2 Å². The van der Waals surface area contributed by atoms with Gasteiger partial charge >= 0.3 is 6.18 Å². The molecule has 0 spiro atoms. The van der Waals surface area contributed by atoms with Gasteiger partial charge in [-0.15, -0.1) is 0 Å². The maximum absolute atomic E-state index is 12.9. The van der Waals surface area contributed by atoms with Crippen LogP contribution < -0.4 is 16.2 Å². The Morgan fingerprint density at radius 2 is 2.05 bits per heavy atom. The van der Waals surface area contributed by atoms with Crippen molar-refractivity contribution >= 4 is 5.91 Å². The minimum absolute atomic E-state index is 0.200. The molecule has 0 saturated carbocycles. The molecule has 1 aromatic carbocycles. The molecule has 4 nitrogen and oxygen atoms in total. The number of alkyl halides is 3. The predicted octanol–water partition coefficient (Wildman–Crippen LogP) is 1.71. The summed E-state index contributed by atoms with van der Waals surface area (Å²) in [5.74, 6) is -1.61. The number of primary amides is 1. The number of halogens is 3. The molecule has 0 aliphatic rings. The number of nitrogens with two attached hydrogens (primary N) is 2. The standard InChI is InChI=1S/C13H17F3N2O2/c1-8(12(18)19)7-20-11-3-2-9(4-5-17)6-10(11)13(14,15)16/h2-3,6,8H,4-5,7,17H2,1H3,(H2,18,19). The van der Waals surface area contributed by atoms with Gasteiger partial charge in [-0.05, 0) is 30.7 Å². The summed E-state index contributed by atoms with van der Waals surface area (Å²) in [7, 11) is 0. The van der Waals surface area contributed by atoms with Crippen molar-refractivity contribution in [3.63, 3.8) is 0 Å². The molecule has 1 rings (SSSR count). The number of hydrogen-bond donors (Lipinski definition) is 2. The molecule has 1 atom stereocenters. The average molecular weight is 290 g/mol. The van der Waals surface area contributed by atoms with Gasteiger partial charge in [-0.25, -0.2) is 0 Å². The molecule has 4 N–H and O–H groups in total. The lowest BCUT2D eigenvalue weighted by atomic mass is 10.1. The Hall–Kier alpha value is -1.76. The van der Waals surface area contributed by atoms with E-state index in [1.807, 2.05) is 0 Å². The normalized spacial score (nSPS) is 13.1. The van der Waals surface area contributed by atoms with Crippen molar-refractivity contribution in [2.24, 2.45) is 17.4 Å². The van der Waals surface area contributed by atoms with Crippen molar-refractivity contribution in [3.05, 3.63) is 29.3 Å². The molecule has 0 heterocycles. The lowest BCUT2D eigenvalue weighted by Crippen LogP contribution is -2.26. The summed E-state index contributed by atoms with van der Waals surface area (Å²) in [6.45, 7) is 1.54. The highest BCUT2D eigenvalue weighted by Gasteiger charge is 2.34. The van der Waals surface area contributed by atoms with Crippen LogP contribution in [0, 0.1) is 5.92 Å². The van der Waals surface area contributed by atoms with E-state index >= 15 is 0 Å². The molecule has 20 heavy (non-hydrogen) atoms. The third-order valence-corrected chi connectivity index (χ3v) is 2.76. The summed E-state index contributed by atoms with van der Waals surface area (Å²) in [5.41, 5.74) is 9.96. The highest BCUT2D eigenvalue weighted by Crippen LogP contribution is 2.37. The molecule has 0 saturated heterocycles. The van der Waals surface area contributed by atoms with Crippen molar-refractivity contribution in [3.8, 4) is 5.75 Å². The number of carbonyl (C=O) groups is 1. The number of amides is 1. The van der Waals surface area contributed by atoms with E-state index in [9.17, 15) is 18.0 Å². The first-order valence-electron chi connectivity index (χ1n) is 6.08. The van der Waals surface area contributed by atoms with E-state index in [0.29, 0.717) is 12.0 Å². The topological polar surface area (TPSA) is 78.3 Å². The number of rotatable bonds is 6. The number of ether oxygens (including phenoxy) is 1. The van der Waals surface area contributed by atoms with Gasteiger partial charge in [0.15, 0.2) is 0 Å². The lowest BCUT2D eigenvalue weighted by molar-refractivity contribution is -0.139. The van der Waals surface area contributed by atoms with Crippen LogP contribution in [0.5, 0.6) is 5.75 Å². The van der Waals surface area contributed by atoms with Gasteiger partial charge in [0.25, 0.3) is 0 Å². The smallest absolute Gasteiger partial charge is 0.419 e. The van der Waals surface area contributed by atoms with Crippen LogP contribution in [0.15, 0.2) is 18.2 Å². The Balaban J connectivity index is 2.97. The first-order valence-corrected chi connectivity index (χ1v) is 6.08. The summed E-state index contributed by atoms with van der Waals surface area (Å²) in [4.78, 5) is 10.8. The highest BCUT2D eigenvalue weighted by molar-refractivity contribution is 5.76. The van der Waals surface area contributed by atoms with E-state index in [1.54, 1.807) is 0 Å². The minimum atomic E-state index is -4.53. The van der Waals surface area contributed by atoms with Crippen molar-refractivity contribution in [1.82, 2.24) is 0 Å². The number of carbonyl (C=O) groups excluding carboxylic acids is 1. The first kappa shape index (κ1) is 16.3. The SMILES string of the molecule is CC(COc1ccc(CCN)cc1C(F)(F)F)C(N)=O. The molecule has 0 fully saturated rings. The molecule has 7 heteroatoms. The Kier molecular flexibility index (Phi) is 5.38. The maximum Gasteiger partial charge on any atom is 0.419 e. The predicted molar refractivity (Wildman–Crippen MR) is 68.1 cm³/mol. The Bertz CT molecular complexity index is 475. The number of hydrogen-bond acceptors (Lipinski definition) is 3. The second-order valence-electron chi connectivity index (χ2n) is 4.48. The molecule has 0 aromatic heterocycles. The van der Waals surface area contributed by atoms with Crippen molar-refractivity contribution < 1.29 is 22.7 Å². The quantitative estimate of drug-likeness (QED) is 0.837. The molecule has 112 valence electrons. The van der Waals surface area contributed by atoms with Gasteiger partial charge in [-0.2, -0.15) is 13.2 Å². The van der Waals surface area contributed by atoms with E-state index in [2.05, 4.69) is 0 Å². The van der Waals surface area contributed by atoms with Crippen LogP contribution >= 0.6 is 0 Å². The highest BCUT2D eigenvalue weighted by atomic mass is 19.4. The van der Waals surface area contributed by atoms with Crippen LogP contribution in [0.3, 0.4) is 0 Å². The second kappa shape index (κ2) is 6.60. The van der Waals surface area contributed by atoms with Gasteiger partial charge < -0.3 is 16.2 Å². The van der Waals surface area contributed by atoms with Gasteiger partial charge in [0.05, 0.1) is 18.1 Å². The van der Waals surface area contributed by atoms with Gasteiger partial charge in [0.2, 0.25) is 5.91 Å². The van der Waals surface area contributed by atoms with Gasteiger partial charge in [0.1, 0.15) is 5.75 Å². The maximum atomic E-state index is 12.9. The fraction of sp³-hybridized carbons (Fsp3) is 0.462. The van der Waals surface area contributed by atoms with Crippen LogP contribution in [0.25, 0.3) is 0 Å². The molecule has 1 amide bonds. The van der Waals surface area contributed by atoms with Gasteiger partial charge in [-0.1, -0.05) is 13.0 Å². The molecule has 1 aromatic rings. The molecule has 0 aliphatic heterocycles. The third-order valence-electron chi connectivity index (χ3n) is 2.76. The lowest BCUT2D eigenvalue weighted by Gasteiger charge is -2.16. The van der Waals surface area contributed by atoms with Crippen LogP contribution in [0.2, 0.25) is 0 Å². The zero-order valence-corrected chi connectivity index (χ0v) is 11.0.